The van der Waals surface area contributed by atoms with Gasteiger partial charge in [-0.3, -0.25) is 0 Å². The maximum Gasteiger partial charge on any atom is 0.0579 e. The van der Waals surface area contributed by atoms with Gasteiger partial charge in [-0.2, -0.15) is 0 Å². The van der Waals surface area contributed by atoms with E-state index >= 15 is 0 Å². The van der Waals surface area contributed by atoms with E-state index < -0.39 is 0 Å². The van der Waals surface area contributed by atoms with Crippen molar-refractivity contribution < 1.29 is 10.2 Å². The van der Waals surface area contributed by atoms with Crippen LogP contribution in [0, 0.1) is 58.2 Å². The normalized spacial score (nSPS) is 57.2. The summed E-state index contributed by atoms with van der Waals surface area (Å²) in [5.41, 5.74) is 0.790. The van der Waals surface area contributed by atoms with Crippen molar-refractivity contribution in [3.05, 3.63) is 0 Å². The Morgan fingerprint density at radius 2 is 1.47 bits per heavy atom. The average Bonchev–Trinajstić information content (AvgIpc) is 2.98. The second-order valence-electron chi connectivity index (χ2n) is 13.3. The summed E-state index contributed by atoms with van der Waals surface area (Å²) < 4.78 is 0. The second-order valence-corrected chi connectivity index (χ2v) is 13.3. The van der Waals surface area contributed by atoms with E-state index in [1.54, 1.807) is 0 Å². The molecule has 5 aliphatic carbocycles. The van der Waals surface area contributed by atoms with Crippen LogP contribution in [0.15, 0.2) is 0 Å². The van der Waals surface area contributed by atoms with E-state index in [9.17, 15) is 10.2 Å². The zero-order valence-electron chi connectivity index (χ0n) is 20.2. The first-order valence-corrected chi connectivity index (χ1v) is 13.6. The lowest BCUT2D eigenvalue weighted by Gasteiger charge is -2.61. The van der Waals surface area contributed by atoms with Crippen LogP contribution in [0.3, 0.4) is 0 Å². The zero-order valence-corrected chi connectivity index (χ0v) is 20.2. The van der Waals surface area contributed by atoms with Gasteiger partial charge in [-0.15, -0.1) is 0 Å². The predicted molar refractivity (Wildman–Crippen MR) is 123 cm³/mol. The third-order valence-corrected chi connectivity index (χ3v) is 12.1. The second kappa shape index (κ2) is 7.75. The molecule has 0 aromatic rings. The van der Waals surface area contributed by atoms with Crippen LogP contribution in [0.1, 0.15) is 105 Å². The highest BCUT2D eigenvalue weighted by Crippen LogP contribution is 2.68. The van der Waals surface area contributed by atoms with E-state index in [1.165, 1.54) is 57.8 Å². The van der Waals surface area contributed by atoms with Crippen molar-refractivity contribution in [1.82, 2.24) is 0 Å². The lowest BCUT2D eigenvalue weighted by molar-refractivity contribution is -0.131. The van der Waals surface area contributed by atoms with Crippen molar-refractivity contribution >= 4 is 0 Å². The maximum atomic E-state index is 11.4. The minimum Gasteiger partial charge on any atom is -0.393 e. The minimum atomic E-state index is -0.0770. The molecule has 2 N–H and O–H groups in total. The molecule has 5 aliphatic rings. The molecule has 0 spiro atoms. The van der Waals surface area contributed by atoms with E-state index in [-0.39, 0.29) is 12.2 Å². The number of hydrogen-bond acceptors (Lipinski definition) is 2. The third kappa shape index (κ3) is 3.25. The van der Waals surface area contributed by atoms with Gasteiger partial charge in [-0.1, -0.05) is 40.5 Å². The first-order chi connectivity index (χ1) is 14.2. The lowest BCUT2D eigenvalue weighted by atomic mass is 9.44. The molecule has 0 aliphatic heterocycles. The van der Waals surface area contributed by atoms with Crippen molar-refractivity contribution in [2.24, 2.45) is 58.2 Å². The predicted octanol–water partition coefficient (Wildman–Crippen LogP) is 6.44. The van der Waals surface area contributed by atoms with Crippen molar-refractivity contribution in [2.75, 3.05) is 0 Å². The van der Waals surface area contributed by atoms with Crippen LogP contribution in [0.4, 0.5) is 0 Å². The highest BCUT2D eigenvalue weighted by molar-refractivity contribution is 5.12. The molecule has 5 rings (SSSR count). The fraction of sp³-hybridized carbons (Fsp3) is 1.00. The van der Waals surface area contributed by atoms with Crippen LogP contribution in [-0.4, -0.2) is 22.4 Å². The van der Waals surface area contributed by atoms with Gasteiger partial charge >= 0.3 is 0 Å². The minimum absolute atomic E-state index is 0.0507. The molecular weight excluding hydrogens is 368 g/mol. The van der Waals surface area contributed by atoms with Gasteiger partial charge in [-0.25, -0.2) is 0 Å². The molecule has 0 bridgehead atoms. The first-order valence-electron chi connectivity index (χ1n) is 13.6. The number of aliphatic hydroxyl groups is 2. The van der Waals surface area contributed by atoms with Gasteiger partial charge in [0.05, 0.1) is 12.2 Å². The topological polar surface area (TPSA) is 40.5 Å². The van der Waals surface area contributed by atoms with Gasteiger partial charge in [0.25, 0.3) is 0 Å². The summed E-state index contributed by atoms with van der Waals surface area (Å²) in [6, 6.07) is 0. The molecule has 2 nitrogen and oxygen atoms in total. The highest BCUT2D eigenvalue weighted by Gasteiger charge is 2.63. The molecule has 0 aromatic heterocycles. The maximum absolute atomic E-state index is 11.4. The Bertz CT molecular complexity index is 624. The molecule has 10 atom stereocenters. The molecule has 0 amide bonds. The zero-order chi connectivity index (χ0) is 21.3. The standard InChI is InChI=1S/C28H48O2/c1-17-5-7-19(8-6-17)18(2)26-25(30)16-24-22-10-9-20-15-21(29)11-13-27(20,3)23(22)12-14-28(24,26)4/h17-26,29-30H,5-16H2,1-4H3. The number of aliphatic hydroxyl groups excluding tert-OH is 2. The molecular formula is C28H48O2. The van der Waals surface area contributed by atoms with Crippen LogP contribution in [0.25, 0.3) is 0 Å². The van der Waals surface area contributed by atoms with Crippen LogP contribution < -0.4 is 0 Å². The summed E-state index contributed by atoms with van der Waals surface area (Å²) >= 11 is 0. The Morgan fingerprint density at radius 1 is 0.767 bits per heavy atom. The Balaban J connectivity index is 1.37. The monoisotopic (exact) mass is 416 g/mol. The van der Waals surface area contributed by atoms with Crippen molar-refractivity contribution in [2.45, 2.75) is 117 Å². The molecule has 172 valence electrons. The molecule has 5 fully saturated rings. The van der Waals surface area contributed by atoms with Crippen LogP contribution in [-0.2, 0) is 0 Å². The van der Waals surface area contributed by atoms with Gasteiger partial charge in [0.1, 0.15) is 0 Å². The fourth-order valence-corrected chi connectivity index (χ4v) is 10.3. The van der Waals surface area contributed by atoms with E-state index in [0.717, 1.165) is 54.8 Å². The number of rotatable bonds is 2. The molecule has 0 aromatic carbocycles. The van der Waals surface area contributed by atoms with Crippen LogP contribution in [0.2, 0.25) is 0 Å². The van der Waals surface area contributed by atoms with Crippen LogP contribution in [0.5, 0.6) is 0 Å². The summed E-state index contributed by atoms with van der Waals surface area (Å²) in [6.07, 6.45) is 15.2. The van der Waals surface area contributed by atoms with Gasteiger partial charge < -0.3 is 10.2 Å². The summed E-state index contributed by atoms with van der Waals surface area (Å²) in [5, 5.41) is 21.7. The molecule has 30 heavy (non-hydrogen) atoms. The first kappa shape index (κ1) is 21.7. The largest absolute Gasteiger partial charge is 0.393 e. The smallest absolute Gasteiger partial charge is 0.0579 e. The number of hydrogen-bond donors (Lipinski definition) is 2. The summed E-state index contributed by atoms with van der Waals surface area (Å²) in [7, 11) is 0. The molecule has 2 heteroatoms. The van der Waals surface area contributed by atoms with Crippen LogP contribution >= 0.6 is 0 Å². The fourth-order valence-electron chi connectivity index (χ4n) is 10.3. The Hall–Kier alpha value is -0.0800. The Morgan fingerprint density at radius 3 is 2.20 bits per heavy atom. The summed E-state index contributed by atoms with van der Waals surface area (Å²) in [6.45, 7) is 10.1. The Labute approximate surface area is 185 Å². The Kier molecular flexibility index (Phi) is 5.62. The van der Waals surface area contributed by atoms with Gasteiger partial charge in [0, 0.05) is 0 Å². The van der Waals surface area contributed by atoms with E-state index in [4.69, 9.17) is 0 Å². The van der Waals surface area contributed by atoms with Crippen molar-refractivity contribution in [3.8, 4) is 0 Å². The molecule has 0 radical (unpaired) electrons. The highest BCUT2D eigenvalue weighted by atomic mass is 16.3. The van der Waals surface area contributed by atoms with Gasteiger partial charge in [-0.05, 0) is 122 Å². The van der Waals surface area contributed by atoms with Crippen molar-refractivity contribution in [1.29, 1.82) is 0 Å². The van der Waals surface area contributed by atoms with Crippen molar-refractivity contribution in [3.63, 3.8) is 0 Å². The number of fused-ring (bicyclic) bond motifs is 5. The van der Waals surface area contributed by atoms with E-state index in [0.29, 0.717) is 22.7 Å². The molecule has 0 saturated heterocycles. The van der Waals surface area contributed by atoms with E-state index in [2.05, 4.69) is 27.7 Å². The summed E-state index contributed by atoms with van der Waals surface area (Å²) in [5.74, 6) is 6.05. The molecule has 5 saturated carbocycles. The third-order valence-electron chi connectivity index (χ3n) is 12.1. The van der Waals surface area contributed by atoms with Gasteiger partial charge in [0.15, 0.2) is 0 Å². The molecule has 0 heterocycles. The molecule has 10 unspecified atom stereocenters. The van der Waals surface area contributed by atoms with Gasteiger partial charge in [0.2, 0.25) is 0 Å². The average molecular weight is 417 g/mol. The quantitative estimate of drug-likeness (QED) is 0.544. The van der Waals surface area contributed by atoms with E-state index in [1.807, 2.05) is 0 Å². The lowest BCUT2D eigenvalue weighted by Crippen LogP contribution is -2.54. The SMILES string of the molecule is CC1CCC(C(C)C2C(O)CC3C4CCC5CC(O)CCC5(C)C4CCC32C)CC1. The summed E-state index contributed by atoms with van der Waals surface area (Å²) in [4.78, 5) is 0.